The molecular weight excluding hydrogens is 202 g/mol. The number of carbonyl (C=O) groups is 1. The van der Waals surface area contributed by atoms with Crippen molar-refractivity contribution in [2.24, 2.45) is 0 Å². The fraction of sp³-hybridized carbons (Fsp3) is 0.917. The highest BCUT2D eigenvalue weighted by atomic mass is 16.2. The van der Waals surface area contributed by atoms with Gasteiger partial charge in [0.1, 0.15) is 0 Å². The van der Waals surface area contributed by atoms with Crippen molar-refractivity contribution in [2.75, 3.05) is 19.6 Å². The van der Waals surface area contributed by atoms with Gasteiger partial charge in [0.05, 0.1) is 6.54 Å². The van der Waals surface area contributed by atoms with Crippen LogP contribution >= 0.6 is 0 Å². The maximum Gasteiger partial charge on any atom is 0.248 e. The second-order valence-electron chi connectivity index (χ2n) is 4.94. The molecule has 4 heteroatoms. The van der Waals surface area contributed by atoms with Gasteiger partial charge in [0.2, 0.25) is 5.91 Å². The molecule has 0 aromatic heterocycles. The molecule has 1 saturated heterocycles. The smallest absolute Gasteiger partial charge is 0.248 e. The zero-order valence-electron chi connectivity index (χ0n) is 10.0. The molecule has 2 aliphatic rings. The molecule has 16 heavy (non-hydrogen) atoms. The second-order valence-corrected chi connectivity index (χ2v) is 4.94. The Bertz CT molecular complexity index is 220. The third-order valence-corrected chi connectivity index (χ3v) is 3.55. The number of rotatable bonds is 4. The van der Waals surface area contributed by atoms with Crippen LogP contribution < -0.4 is 10.7 Å². The van der Waals surface area contributed by atoms with E-state index in [9.17, 15) is 4.79 Å². The summed E-state index contributed by atoms with van der Waals surface area (Å²) in [5.41, 5.74) is 2.97. The van der Waals surface area contributed by atoms with Gasteiger partial charge in [0.15, 0.2) is 0 Å². The average molecular weight is 225 g/mol. The van der Waals surface area contributed by atoms with Crippen LogP contribution in [0.25, 0.3) is 0 Å². The van der Waals surface area contributed by atoms with Crippen molar-refractivity contribution in [2.45, 2.75) is 51.0 Å². The Morgan fingerprint density at radius 3 is 2.44 bits per heavy atom. The monoisotopic (exact) mass is 225 g/mol. The van der Waals surface area contributed by atoms with E-state index in [1.54, 1.807) is 0 Å². The first-order chi connectivity index (χ1) is 7.84. The summed E-state index contributed by atoms with van der Waals surface area (Å²) >= 11 is 0. The van der Waals surface area contributed by atoms with Crippen molar-refractivity contribution in [3.05, 3.63) is 0 Å². The molecule has 1 aliphatic heterocycles. The van der Waals surface area contributed by atoms with E-state index < -0.39 is 0 Å². The standard InChI is InChI=1S/C12H23N3O/c16-12(10-13-11-6-2-3-7-11)14-15-8-4-1-5-9-15/h11,13H,1-10H2,(H,14,16). The van der Waals surface area contributed by atoms with Gasteiger partial charge in [-0.3, -0.25) is 10.2 Å². The second kappa shape index (κ2) is 6.21. The molecule has 0 atom stereocenters. The number of hydrogen-bond acceptors (Lipinski definition) is 3. The highest BCUT2D eigenvalue weighted by Crippen LogP contribution is 2.17. The van der Waals surface area contributed by atoms with E-state index in [4.69, 9.17) is 0 Å². The van der Waals surface area contributed by atoms with Crippen LogP contribution in [-0.4, -0.2) is 36.6 Å². The lowest BCUT2D eigenvalue weighted by Crippen LogP contribution is -2.48. The summed E-state index contributed by atoms with van der Waals surface area (Å²) < 4.78 is 0. The Morgan fingerprint density at radius 1 is 1.06 bits per heavy atom. The third kappa shape index (κ3) is 3.76. The van der Waals surface area contributed by atoms with Gasteiger partial charge >= 0.3 is 0 Å². The van der Waals surface area contributed by atoms with Crippen molar-refractivity contribution < 1.29 is 4.79 Å². The lowest BCUT2D eigenvalue weighted by atomic mass is 10.2. The summed E-state index contributed by atoms with van der Waals surface area (Å²) in [4.78, 5) is 11.7. The van der Waals surface area contributed by atoms with Gasteiger partial charge in [-0.15, -0.1) is 0 Å². The minimum absolute atomic E-state index is 0.119. The van der Waals surface area contributed by atoms with Crippen LogP contribution in [0.2, 0.25) is 0 Å². The number of nitrogens with zero attached hydrogens (tertiary/aromatic N) is 1. The molecular formula is C12H23N3O. The number of nitrogens with one attached hydrogen (secondary N) is 2. The van der Waals surface area contributed by atoms with E-state index in [2.05, 4.69) is 15.8 Å². The summed E-state index contributed by atoms with van der Waals surface area (Å²) in [5, 5.41) is 5.39. The molecule has 0 spiro atoms. The lowest BCUT2D eigenvalue weighted by molar-refractivity contribution is -0.125. The van der Waals surface area contributed by atoms with Gasteiger partial charge in [0.25, 0.3) is 0 Å². The van der Waals surface area contributed by atoms with Gasteiger partial charge in [-0.25, -0.2) is 5.01 Å². The normalized spacial score (nSPS) is 23.5. The summed E-state index contributed by atoms with van der Waals surface area (Å²) in [6, 6.07) is 0.576. The number of hydrazine groups is 1. The van der Waals surface area contributed by atoms with Crippen LogP contribution in [0, 0.1) is 0 Å². The Labute approximate surface area is 97.7 Å². The van der Waals surface area contributed by atoms with E-state index in [1.807, 2.05) is 0 Å². The molecule has 4 nitrogen and oxygen atoms in total. The Balaban J connectivity index is 1.59. The minimum atomic E-state index is 0.119. The highest BCUT2D eigenvalue weighted by Gasteiger charge is 2.16. The van der Waals surface area contributed by atoms with Crippen LogP contribution in [0.5, 0.6) is 0 Å². The molecule has 0 unspecified atom stereocenters. The van der Waals surface area contributed by atoms with Gasteiger partial charge < -0.3 is 5.32 Å². The highest BCUT2D eigenvalue weighted by molar-refractivity contribution is 5.77. The van der Waals surface area contributed by atoms with Crippen molar-refractivity contribution in [1.82, 2.24) is 15.8 Å². The molecule has 0 radical (unpaired) electrons. The molecule has 0 aromatic rings. The van der Waals surface area contributed by atoms with Crippen LogP contribution in [-0.2, 0) is 4.79 Å². The van der Waals surface area contributed by atoms with Crippen molar-refractivity contribution >= 4 is 5.91 Å². The van der Waals surface area contributed by atoms with E-state index in [-0.39, 0.29) is 5.91 Å². The van der Waals surface area contributed by atoms with Crippen molar-refractivity contribution in [3.63, 3.8) is 0 Å². The van der Waals surface area contributed by atoms with Crippen LogP contribution in [0.4, 0.5) is 0 Å². The molecule has 92 valence electrons. The SMILES string of the molecule is O=C(CNC1CCCC1)NN1CCCCC1. The molecule has 1 aliphatic carbocycles. The molecule has 2 fully saturated rings. The van der Waals surface area contributed by atoms with Crippen LogP contribution in [0.3, 0.4) is 0 Å². The van der Waals surface area contributed by atoms with Crippen molar-refractivity contribution in [1.29, 1.82) is 0 Å². The van der Waals surface area contributed by atoms with E-state index in [0.29, 0.717) is 12.6 Å². The number of hydrogen-bond donors (Lipinski definition) is 2. The van der Waals surface area contributed by atoms with Gasteiger partial charge in [0, 0.05) is 19.1 Å². The molecule has 1 saturated carbocycles. The Kier molecular flexibility index (Phi) is 4.60. The first kappa shape index (κ1) is 11.9. The predicted octanol–water partition coefficient (Wildman–Crippen LogP) is 1.04. The maximum absolute atomic E-state index is 11.7. The van der Waals surface area contributed by atoms with E-state index >= 15 is 0 Å². The minimum Gasteiger partial charge on any atom is -0.306 e. The molecule has 2 N–H and O–H groups in total. The molecule has 0 aromatic carbocycles. The summed E-state index contributed by atoms with van der Waals surface area (Å²) in [6.07, 6.45) is 8.80. The molecule has 0 bridgehead atoms. The third-order valence-electron chi connectivity index (χ3n) is 3.55. The summed E-state index contributed by atoms with van der Waals surface area (Å²) in [5.74, 6) is 0.119. The molecule has 1 amide bonds. The summed E-state index contributed by atoms with van der Waals surface area (Å²) in [6.45, 7) is 2.49. The number of carbonyl (C=O) groups excluding carboxylic acids is 1. The zero-order valence-corrected chi connectivity index (χ0v) is 10.0. The van der Waals surface area contributed by atoms with Gasteiger partial charge in [-0.05, 0) is 25.7 Å². The Hall–Kier alpha value is -0.610. The fourth-order valence-electron chi connectivity index (χ4n) is 2.59. The zero-order chi connectivity index (χ0) is 11.2. The maximum atomic E-state index is 11.7. The van der Waals surface area contributed by atoms with Gasteiger partial charge in [-0.2, -0.15) is 0 Å². The average Bonchev–Trinajstić information content (AvgIpc) is 2.81. The topological polar surface area (TPSA) is 44.4 Å². The van der Waals surface area contributed by atoms with Crippen LogP contribution in [0.1, 0.15) is 44.9 Å². The first-order valence-corrected chi connectivity index (χ1v) is 6.62. The first-order valence-electron chi connectivity index (χ1n) is 6.62. The molecule has 2 rings (SSSR count). The van der Waals surface area contributed by atoms with Gasteiger partial charge in [-0.1, -0.05) is 19.3 Å². The quantitative estimate of drug-likeness (QED) is 0.751. The van der Waals surface area contributed by atoms with E-state index in [0.717, 1.165) is 13.1 Å². The number of piperidine rings is 1. The largest absolute Gasteiger partial charge is 0.306 e. The van der Waals surface area contributed by atoms with Crippen LogP contribution in [0.15, 0.2) is 0 Å². The lowest BCUT2D eigenvalue weighted by Gasteiger charge is -2.27. The number of amides is 1. The summed E-state index contributed by atoms with van der Waals surface area (Å²) in [7, 11) is 0. The van der Waals surface area contributed by atoms with E-state index in [1.165, 1.54) is 44.9 Å². The Morgan fingerprint density at radius 2 is 1.75 bits per heavy atom. The predicted molar refractivity (Wildman–Crippen MR) is 63.8 cm³/mol. The molecule has 1 heterocycles. The van der Waals surface area contributed by atoms with Crippen molar-refractivity contribution in [3.8, 4) is 0 Å². The fourth-order valence-corrected chi connectivity index (χ4v) is 2.59.